The summed E-state index contributed by atoms with van der Waals surface area (Å²) >= 11 is 5.98. The molecule has 0 aliphatic heterocycles. The number of hydrogen-bond acceptors (Lipinski definition) is 0. The fourth-order valence-corrected chi connectivity index (χ4v) is 0. The Hall–Kier alpha value is 2.67. The third kappa shape index (κ3) is 30.1. The van der Waals surface area contributed by atoms with Crippen LogP contribution in [0.2, 0.25) is 0 Å². The molecule has 0 heterocycles. The van der Waals surface area contributed by atoms with Gasteiger partial charge in [0.05, 0.1) is 0 Å². The average Bonchev–Trinajstić information content (AvgIpc) is 0.722. The van der Waals surface area contributed by atoms with Crippen LogP contribution in [0.15, 0.2) is 0 Å². The molecule has 0 unspecified atom stereocenters. The summed E-state index contributed by atoms with van der Waals surface area (Å²) in [6.07, 6.45) is 0. The van der Waals surface area contributed by atoms with Crippen molar-refractivity contribution in [2.45, 2.75) is 0 Å². The summed E-state index contributed by atoms with van der Waals surface area (Å²) < 4.78 is 0. The summed E-state index contributed by atoms with van der Waals surface area (Å²) in [6.45, 7) is 0. The summed E-state index contributed by atoms with van der Waals surface area (Å²) in [5.41, 5.74) is 0. The zero-order valence-electron chi connectivity index (χ0n) is 3.09. The first-order chi connectivity index (χ1) is 2.00. The summed E-state index contributed by atoms with van der Waals surface area (Å²) in [5, 5.41) is 0. The van der Waals surface area contributed by atoms with E-state index in [1.54, 1.807) is 0 Å². The monoisotopic (exact) mass is 262 g/mol. The Kier molecular flexibility index (Phi) is 8.67. The van der Waals surface area contributed by atoms with Crippen molar-refractivity contribution in [2.24, 2.45) is 0 Å². The topological polar surface area (TPSA) is 0 Å². The molecule has 0 atom stereocenters. The minimum Gasteiger partial charge on any atom is -0.400 e. The molecule has 0 amide bonds. The molecule has 0 rings (SSSR count). The van der Waals surface area contributed by atoms with Gasteiger partial charge in [0.15, 0.2) is 0 Å². The van der Waals surface area contributed by atoms with Crippen LogP contribution in [0.1, 0.15) is 0 Å². The average molecular weight is 265 g/mol. The van der Waals surface area contributed by atoms with Gasteiger partial charge in [0.2, 0.25) is 0 Å². The molecule has 0 bridgehead atoms. The van der Waals surface area contributed by atoms with Gasteiger partial charge in [-0.2, -0.15) is 0 Å². The molecule has 0 aromatic rings. The Balaban J connectivity index is 0. The molecule has 0 aliphatic rings. The molecule has 0 saturated heterocycles. The Morgan fingerprint density at radius 3 is 1.17 bits per heavy atom. The van der Waals surface area contributed by atoms with Crippen molar-refractivity contribution in [3.8, 4) is 0 Å². The van der Waals surface area contributed by atoms with Gasteiger partial charge < -0.3 is 48.2 Å². The SMILES string of the molecule is [Cl][Al-]([Cl])([Br])[Br].[Li+]. The molecular formula is AlBr2Cl2Li. The minimum atomic E-state index is -2.26. The van der Waals surface area contributed by atoms with Crippen LogP contribution in [0.4, 0.5) is 0 Å². The van der Waals surface area contributed by atoms with E-state index in [1.807, 2.05) is 0 Å². The first-order valence-corrected chi connectivity index (χ1v) is 10.7. The molecule has 0 saturated carbocycles. The predicted molar refractivity (Wildman–Crippen MR) is 35.3 cm³/mol. The van der Waals surface area contributed by atoms with Crippen LogP contribution in [-0.2, 0) is 0 Å². The Morgan fingerprint density at radius 2 is 1.17 bits per heavy atom. The zero-order chi connectivity index (χ0) is 4.50. The molecule has 0 spiro atoms. The third-order valence-electron chi connectivity index (χ3n) is 0. The van der Waals surface area contributed by atoms with E-state index in [4.69, 9.17) is 20.1 Å². The Bertz CT molecular complexity index is 27.0. The molecule has 0 aromatic heterocycles. The zero-order valence-corrected chi connectivity index (χ0v) is 8.93. The van der Waals surface area contributed by atoms with Gasteiger partial charge in [-0.25, -0.2) is 0 Å². The molecule has 0 nitrogen and oxygen atoms in total. The van der Waals surface area contributed by atoms with Crippen LogP contribution >= 0.6 is 48.2 Å². The van der Waals surface area contributed by atoms with Gasteiger partial charge in [-0.3, -0.25) is 0 Å². The van der Waals surface area contributed by atoms with Gasteiger partial charge in [-0.15, -0.1) is 0 Å². The van der Waals surface area contributed by atoms with E-state index >= 15 is 0 Å². The molecule has 0 aromatic carbocycles. The number of halogens is 4. The van der Waals surface area contributed by atoms with E-state index in [9.17, 15) is 0 Å². The van der Waals surface area contributed by atoms with E-state index in [0.717, 1.165) is 0 Å². The van der Waals surface area contributed by atoms with Crippen molar-refractivity contribution in [1.82, 2.24) is 0 Å². The smallest absolute Gasteiger partial charge is 0.400 e. The molecule has 0 radical (unpaired) electrons. The largest absolute Gasteiger partial charge is 1.00 e. The van der Waals surface area contributed by atoms with E-state index in [1.165, 1.54) is 0 Å². The van der Waals surface area contributed by atoms with Crippen LogP contribution in [-0.4, -0.2) is 7.58 Å². The van der Waals surface area contributed by atoms with Crippen LogP contribution in [0.25, 0.3) is 0 Å². The normalized spacial score (nSPS) is 10.0. The van der Waals surface area contributed by atoms with E-state index in [-0.39, 0.29) is 18.9 Å². The standard InChI is InChI=1S/Al.2BrH.2ClH.Li/h;4*1H;/q+3;;;;;+1/p-4. The fourth-order valence-electron chi connectivity index (χ4n) is 0. The first-order valence-electron chi connectivity index (χ1n) is 0.873. The molecule has 0 N–H and O–H groups in total. The Morgan fingerprint density at radius 1 is 1.17 bits per heavy atom. The van der Waals surface area contributed by atoms with Crippen molar-refractivity contribution in [3.05, 3.63) is 0 Å². The van der Waals surface area contributed by atoms with Crippen LogP contribution in [0, 0.1) is 0 Å². The number of hydrogen-bond donors (Lipinski definition) is 0. The maximum atomic E-state index is 5.30. The second-order valence-electron chi connectivity index (χ2n) is 0.495. The second kappa shape index (κ2) is 4.54. The molecule has 0 fully saturated rings. The van der Waals surface area contributed by atoms with Crippen molar-refractivity contribution < 1.29 is 18.9 Å². The maximum absolute atomic E-state index is 5.30. The third-order valence-corrected chi connectivity index (χ3v) is 0. The van der Waals surface area contributed by atoms with E-state index in [0.29, 0.717) is 0 Å². The molecular weight excluding hydrogens is 265 g/mol. The second-order valence-corrected chi connectivity index (χ2v) is 24.3. The van der Waals surface area contributed by atoms with Crippen molar-refractivity contribution >= 4 is 55.8 Å². The van der Waals surface area contributed by atoms with Gasteiger partial charge in [0.25, 0.3) is 0 Å². The predicted octanol–water partition coefficient (Wildman–Crippen LogP) is -0.307. The Labute approximate surface area is 73.5 Å². The van der Waals surface area contributed by atoms with Crippen LogP contribution in [0.5, 0.6) is 0 Å². The van der Waals surface area contributed by atoms with Gasteiger partial charge in [0, 0.05) is 0 Å². The van der Waals surface area contributed by atoms with E-state index in [2.05, 4.69) is 28.1 Å². The summed E-state index contributed by atoms with van der Waals surface area (Å²) in [6, 6.07) is 0. The van der Waals surface area contributed by atoms with Crippen molar-refractivity contribution in [2.75, 3.05) is 0 Å². The van der Waals surface area contributed by atoms with Gasteiger partial charge >= 0.3 is 26.4 Å². The molecule has 6 heteroatoms. The summed E-state index contributed by atoms with van der Waals surface area (Å²) in [7, 11) is 8.33. The quantitative estimate of drug-likeness (QED) is 0.527. The van der Waals surface area contributed by atoms with Crippen molar-refractivity contribution in [1.29, 1.82) is 0 Å². The van der Waals surface area contributed by atoms with Crippen LogP contribution < -0.4 is 18.9 Å². The van der Waals surface area contributed by atoms with E-state index < -0.39 is 7.58 Å². The van der Waals surface area contributed by atoms with Gasteiger partial charge in [-0.1, -0.05) is 0 Å². The van der Waals surface area contributed by atoms with Crippen molar-refractivity contribution in [3.63, 3.8) is 0 Å². The van der Waals surface area contributed by atoms with Gasteiger partial charge in [0.1, 0.15) is 0 Å². The van der Waals surface area contributed by atoms with Gasteiger partial charge in [-0.05, 0) is 0 Å². The maximum Gasteiger partial charge on any atom is 1.00 e. The fraction of sp³-hybridized carbons (Fsp3) is 0. The minimum absolute atomic E-state index is 0. The molecule has 32 valence electrons. The first kappa shape index (κ1) is 11.5. The summed E-state index contributed by atoms with van der Waals surface area (Å²) in [4.78, 5) is 0. The molecule has 0 aliphatic carbocycles. The van der Waals surface area contributed by atoms with Crippen LogP contribution in [0.3, 0.4) is 0 Å². The number of rotatable bonds is 0. The summed E-state index contributed by atoms with van der Waals surface area (Å²) in [5.74, 6) is 0. The molecule has 6 heavy (non-hydrogen) atoms.